The van der Waals surface area contributed by atoms with Crippen LogP contribution in [0.5, 0.6) is 0 Å². The topological polar surface area (TPSA) is 107 Å². The number of nitrogens with two attached hydrogens (primary N) is 1. The van der Waals surface area contributed by atoms with Crippen LogP contribution in [0, 0.1) is 0 Å². The van der Waals surface area contributed by atoms with E-state index in [4.69, 9.17) is 9.88 Å². The van der Waals surface area contributed by atoms with Crippen molar-refractivity contribution in [3.63, 3.8) is 0 Å². The third kappa shape index (κ3) is 4.08. The Bertz CT molecular complexity index is 745. The molecule has 2 rings (SSSR count). The molecule has 0 radical (unpaired) electrons. The van der Waals surface area contributed by atoms with Crippen molar-refractivity contribution in [2.24, 2.45) is 5.14 Å². The summed E-state index contributed by atoms with van der Waals surface area (Å²) < 4.78 is 53.2. The molecule has 1 aliphatic rings. The molecule has 2 N–H and O–H groups in total. The fourth-order valence-corrected chi connectivity index (χ4v) is 5.72. The Morgan fingerprint density at radius 1 is 1.48 bits per heavy atom. The predicted octanol–water partition coefficient (Wildman–Crippen LogP) is -2.48. The Hall–Kier alpha value is 0.0600. The molecule has 1 aliphatic heterocycles. The van der Waals surface area contributed by atoms with E-state index >= 15 is 0 Å². The molecule has 114 valence electrons. The molecular formula is C10H15N2NaO5S3. The van der Waals surface area contributed by atoms with Crippen LogP contribution >= 0.6 is 11.3 Å². The van der Waals surface area contributed by atoms with E-state index in [1.807, 2.05) is 0 Å². The SMILES string of the molecule is COCCCN1C=Cc2cc(S(N)(=O)=O)sc2S1(=O)=O.[H-].[Na+]. The van der Waals surface area contributed by atoms with Crippen LogP contribution < -0.4 is 34.7 Å². The molecule has 1 aromatic heterocycles. The van der Waals surface area contributed by atoms with Crippen molar-refractivity contribution < 1.29 is 52.6 Å². The maximum atomic E-state index is 12.3. The van der Waals surface area contributed by atoms with Crippen LogP contribution in [0.15, 0.2) is 20.7 Å². The van der Waals surface area contributed by atoms with Crippen molar-refractivity contribution in [2.75, 3.05) is 20.3 Å². The molecule has 1 aromatic rings. The van der Waals surface area contributed by atoms with E-state index in [-0.39, 0.29) is 45.9 Å². The van der Waals surface area contributed by atoms with Crippen LogP contribution in [0.3, 0.4) is 0 Å². The van der Waals surface area contributed by atoms with E-state index in [9.17, 15) is 16.8 Å². The van der Waals surface area contributed by atoms with Crippen molar-refractivity contribution in [3.05, 3.63) is 17.8 Å². The molecule has 0 aliphatic carbocycles. The molecule has 2 heterocycles. The monoisotopic (exact) mass is 362 g/mol. The zero-order valence-electron chi connectivity index (χ0n) is 12.6. The van der Waals surface area contributed by atoms with Gasteiger partial charge in [-0.15, -0.1) is 11.3 Å². The third-order valence-corrected chi connectivity index (χ3v) is 7.55. The minimum absolute atomic E-state index is 0. The second kappa shape index (κ2) is 7.09. The van der Waals surface area contributed by atoms with Gasteiger partial charge in [0.15, 0.2) is 0 Å². The van der Waals surface area contributed by atoms with E-state index in [2.05, 4.69) is 0 Å². The number of thiophene rings is 1. The second-order valence-electron chi connectivity index (χ2n) is 4.13. The largest absolute Gasteiger partial charge is 1.00 e. The first kappa shape index (κ1) is 19.1. The van der Waals surface area contributed by atoms with Gasteiger partial charge in [-0.25, -0.2) is 22.0 Å². The van der Waals surface area contributed by atoms with Gasteiger partial charge >= 0.3 is 29.6 Å². The van der Waals surface area contributed by atoms with Crippen LogP contribution in [0.4, 0.5) is 0 Å². The van der Waals surface area contributed by atoms with E-state index in [1.54, 1.807) is 6.08 Å². The van der Waals surface area contributed by atoms with Crippen LogP contribution in [-0.4, -0.2) is 41.4 Å². The molecule has 0 spiro atoms. The van der Waals surface area contributed by atoms with Gasteiger partial charge in [-0.05, 0) is 18.6 Å². The number of primary sulfonamides is 1. The van der Waals surface area contributed by atoms with Crippen molar-refractivity contribution >= 4 is 37.5 Å². The van der Waals surface area contributed by atoms with Crippen molar-refractivity contribution in [1.82, 2.24) is 4.31 Å². The summed E-state index contributed by atoms with van der Waals surface area (Å²) in [7, 11) is -6.08. The van der Waals surface area contributed by atoms with Gasteiger partial charge in [-0.1, -0.05) is 0 Å². The smallest absolute Gasteiger partial charge is 1.00 e. The number of hydrogen-bond acceptors (Lipinski definition) is 6. The van der Waals surface area contributed by atoms with Gasteiger partial charge in [-0.2, -0.15) is 0 Å². The molecule has 0 aromatic carbocycles. The Balaban J connectivity index is 0.00000220. The molecule has 0 saturated carbocycles. The average molecular weight is 362 g/mol. The standard InChI is InChI=1S/C10H14N2O5S3.Na.H/c1-17-6-2-4-12-5-3-8-7-9(19(11,13)14)18-10(8)20(12,15)16;;/h3,5,7H,2,4,6H2,1H3,(H2,11,13,14);;/q;+1;-1. The number of methoxy groups -OCH3 is 1. The predicted molar refractivity (Wildman–Crippen MR) is 76.2 cm³/mol. The molecule has 0 amide bonds. The average Bonchev–Trinajstić information content (AvgIpc) is 2.77. The van der Waals surface area contributed by atoms with Gasteiger partial charge in [0.05, 0.1) is 0 Å². The molecule has 0 bridgehead atoms. The Kier molecular flexibility index (Phi) is 6.45. The molecule has 11 heteroatoms. The maximum Gasteiger partial charge on any atom is 1.00 e. The molecule has 21 heavy (non-hydrogen) atoms. The van der Waals surface area contributed by atoms with Gasteiger partial charge < -0.3 is 6.16 Å². The van der Waals surface area contributed by atoms with Crippen molar-refractivity contribution in [2.45, 2.75) is 14.8 Å². The first-order valence-electron chi connectivity index (χ1n) is 5.62. The molecule has 0 atom stereocenters. The first-order chi connectivity index (χ1) is 9.26. The zero-order valence-corrected chi connectivity index (χ0v) is 16.1. The van der Waals surface area contributed by atoms with Crippen molar-refractivity contribution in [1.29, 1.82) is 0 Å². The first-order valence-corrected chi connectivity index (χ1v) is 9.43. The number of rotatable bonds is 5. The summed E-state index contributed by atoms with van der Waals surface area (Å²) in [6.07, 6.45) is 3.53. The van der Waals surface area contributed by atoms with Crippen LogP contribution in [-0.2, 0) is 24.8 Å². The van der Waals surface area contributed by atoms with Gasteiger partial charge in [0.1, 0.15) is 8.42 Å². The molecular weight excluding hydrogens is 347 g/mol. The number of ether oxygens (including phenoxy) is 1. The molecule has 0 unspecified atom stereocenters. The molecule has 0 saturated heterocycles. The summed E-state index contributed by atoms with van der Waals surface area (Å²) in [6, 6.07) is 1.27. The van der Waals surface area contributed by atoms with Crippen LogP contribution in [0.25, 0.3) is 6.08 Å². The van der Waals surface area contributed by atoms with E-state index < -0.39 is 20.0 Å². The number of sulfonamides is 2. The Labute approximate surface area is 151 Å². The van der Waals surface area contributed by atoms with Gasteiger partial charge in [0.2, 0.25) is 10.0 Å². The van der Waals surface area contributed by atoms with Crippen LogP contribution in [0.1, 0.15) is 13.4 Å². The third-order valence-electron chi connectivity index (χ3n) is 2.67. The summed E-state index contributed by atoms with van der Waals surface area (Å²) in [5.74, 6) is 0. The van der Waals surface area contributed by atoms with E-state index in [1.165, 1.54) is 23.7 Å². The van der Waals surface area contributed by atoms with Gasteiger partial charge in [0.25, 0.3) is 10.0 Å². The quantitative estimate of drug-likeness (QED) is 0.461. The van der Waals surface area contributed by atoms with Gasteiger partial charge in [0, 0.05) is 32.0 Å². The van der Waals surface area contributed by atoms with Crippen LogP contribution in [0.2, 0.25) is 0 Å². The normalized spacial score (nSPS) is 16.4. The number of nitrogens with zero attached hydrogens (tertiary/aromatic N) is 1. The number of fused-ring (bicyclic) bond motifs is 1. The fraction of sp³-hybridized carbons (Fsp3) is 0.400. The minimum atomic E-state index is -3.90. The van der Waals surface area contributed by atoms with Gasteiger partial charge in [-0.3, -0.25) is 4.31 Å². The molecule has 0 fully saturated rings. The maximum absolute atomic E-state index is 12.3. The fourth-order valence-electron chi connectivity index (χ4n) is 1.73. The summed E-state index contributed by atoms with van der Waals surface area (Å²) in [5, 5.41) is 5.02. The summed E-state index contributed by atoms with van der Waals surface area (Å²) in [5.41, 5.74) is 0.349. The summed E-state index contributed by atoms with van der Waals surface area (Å²) in [6.45, 7) is 0.717. The number of hydrogen-bond donors (Lipinski definition) is 1. The van der Waals surface area contributed by atoms with E-state index in [0.29, 0.717) is 29.9 Å². The van der Waals surface area contributed by atoms with Crippen molar-refractivity contribution in [3.8, 4) is 0 Å². The Morgan fingerprint density at radius 3 is 2.71 bits per heavy atom. The Morgan fingerprint density at radius 2 is 2.14 bits per heavy atom. The summed E-state index contributed by atoms with van der Waals surface area (Å²) >= 11 is 0.667. The van der Waals surface area contributed by atoms with E-state index in [0.717, 1.165) is 0 Å². The molecule has 7 nitrogen and oxygen atoms in total. The summed E-state index contributed by atoms with van der Waals surface area (Å²) in [4.78, 5) is 0. The zero-order chi connectivity index (χ0) is 15.0. The minimum Gasteiger partial charge on any atom is -1.00 e. The second-order valence-corrected chi connectivity index (χ2v) is 9.06.